The molecule has 1 saturated carbocycles. The van der Waals surface area contributed by atoms with Crippen molar-refractivity contribution in [1.82, 2.24) is 15.2 Å². The van der Waals surface area contributed by atoms with Crippen LogP contribution in [0, 0.1) is 0 Å². The Morgan fingerprint density at radius 3 is 2.73 bits per heavy atom. The number of hydrogen-bond acceptors (Lipinski definition) is 4. The van der Waals surface area contributed by atoms with Crippen LogP contribution >= 0.6 is 0 Å². The lowest BCUT2D eigenvalue weighted by atomic mass is 9.91. The summed E-state index contributed by atoms with van der Waals surface area (Å²) in [5.41, 5.74) is 5.92. The smallest absolute Gasteiger partial charge is 0.170 e. The van der Waals surface area contributed by atoms with Crippen molar-refractivity contribution < 1.29 is 4.74 Å². The molecule has 0 radical (unpaired) electrons. The molecular formula is C10H16N4O. The predicted octanol–water partition coefficient (Wildman–Crippen LogP) is 0.646. The van der Waals surface area contributed by atoms with Crippen LogP contribution < -0.4 is 5.73 Å². The molecule has 1 aliphatic carbocycles. The van der Waals surface area contributed by atoms with Crippen molar-refractivity contribution in [3.05, 3.63) is 11.6 Å². The van der Waals surface area contributed by atoms with Crippen molar-refractivity contribution in [3.8, 4) is 0 Å². The second-order valence-electron chi connectivity index (χ2n) is 4.59. The third kappa shape index (κ3) is 1.66. The van der Waals surface area contributed by atoms with Crippen molar-refractivity contribution in [3.63, 3.8) is 0 Å². The minimum absolute atomic E-state index is 0.373. The van der Waals surface area contributed by atoms with Crippen LogP contribution in [0.2, 0.25) is 0 Å². The molecule has 3 N–H and O–H groups in total. The lowest BCUT2D eigenvalue weighted by molar-refractivity contribution is 0.0493. The zero-order valence-corrected chi connectivity index (χ0v) is 8.70. The number of nitrogens with zero attached hydrogens (tertiary/aromatic N) is 2. The number of aromatic amines is 1. The van der Waals surface area contributed by atoms with Crippen LogP contribution in [0.25, 0.3) is 0 Å². The molecule has 1 aliphatic heterocycles. The molecule has 2 heterocycles. The minimum Gasteiger partial charge on any atom is -0.381 e. The van der Waals surface area contributed by atoms with Crippen LogP contribution in [0.1, 0.15) is 43.3 Å². The first kappa shape index (κ1) is 9.30. The molecule has 82 valence electrons. The Hall–Kier alpha value is -0.940. The van der Waals surface area contributed by atoms with Gasteiger partial charge in [0, 0.05) is 19.1 Å². The van der Waals surface area contributed by atoms with Gasteiger partial charge in [-0.15, -0.1) is 0 Å². The molecule has 0 atom stereocenters. The van der Waals surface area contributed by atoms with Crippen LogP contribution in [-0.2, 0) is 10.3 Å². The summed E-state index contributed by atoms with van der Waals surface area (Å²) >= 11 is 0. The summed E-state index contributed by atoms with van der Waals surface area (Å²) in [7, 11) is 0. The van der Waals surface area contributed by atoms with E-state index in [0.29, 0.717) is 19.1 Å². The quantitative estimate of drug-likeness (QED) is 0.748. The molecule has 1 saturated heterocycles. The van der Waals surface area contributed by atoms with Gasteiger partial charge in [0.1, 0.15) is 5.82 Å². The maximum Gasteiger partial charge on any atom is 0.170 e. The van der Waals surface area contributed by atoms with Gasteiger partial charge in [0.05, 0.1) is 5.54 Å². The number of aromatic nitrogens is 3. The van der Waals surface area contributed by atoms with E-state index in [2.05, 4.69) is 15.2 Å². The zero-order valence-electron chi connectivity index (χ0n) is 8.70. The van der Waals surface area contributed by atoms with Gasteiger partial charge >= 0.3 is 0 Å². The first-order valence-corrected chi connectivity index (χ1v) is 5.57. The standard InChI is InChI=1S/C10H16N4O/c11-10(3-5-15-6-4-10)9-12-8(13-14-9)7-1-2-7/h7H,1-6,11H2,(H,12,13,14). The third-order valence-corrected chi connectivity index (χ3v) is 3.30. The van der Waals surface area contributed by atoms with Crippen molar-refractivity contribution in [2.24, 2.45) is 5.73 Å². The maximum absolute atomic E-state index is 6.29. The van der Waals surface area contributed by atoms with E-state index < -0.39 is 0 Å². The third-order valence-electron chi connectivity index (χ3n) is 3.30. The zero-order chi connectivity index (χ0) is 10.3. The number of hydrogen-bond donors (Lipinski definition) is 2. The van der Waals surface area contributed by atoms with Crippen LogP contribution in [-0.4, -0.2) is 28.4 Å². The van der Waals surface area contributed by atoms with Crippen molar-refractivity contribution in [1.29, 1.82) is 0 Å². The molecular weight excluding hydrogens is 192 g/mol. The monoisotopic (exact) mass is 208 g/mol. The molecule has 0 bridgehead atoms. The Morgan fingerprint density at radius 2 is 2.07 bits per heavy atom. The molecule has 1 aromatic rings. The number of nitrogens with two attached hydrogens (primary N) is 1. The van der Waals surface area contributed by atoms with Gasteiger partial charge < -0.3 is 10.5 Å². The molecule has 1 aromatic heterocycles. The molecule has 2 aliphatic rings. The second kappa shape index (κ2) is 3.28. The molecule has 3 rings (SSSR count). The largest absolute Gasteiger partial charge is 0.381 e. The van der Waals surface area contributed by atoms with Crippen LogP contribution in [0.5, 0.6) is 0 Å². The average Bonchev–Trinajstić information content (AvgIpc) is 2.97. The summed E-state index contributed by atoms with van der Waals surface area (Å²) < 4.78 is 5.31. The van der Waals surface area contributed by atoms with Crippen LogP contribution in [0.4, 0.5) is 0 Å². The molecule has 5 nitrogen and oxygen atoms in total. The van der Waals surface area contributed by atoms with E-state index in [4.69, 9.17) is 10.5 Å². The molecule has 0 spiro atoms. The van der Waals surface area contributed by atoms with E-state index in [9.17, 15) is 0 Å². The van der Waals surface area contributed by atoms with Gasteiger partial charge in [-0.3, -0.25) is 5.10 Å². The van der Waals surface area contributed by atoms with Gasteiger partial charge in [-0.25, -0.2) is 4.98 Å². The normalized spacial score (nSPS) is 25.4. The Labute approximate surface area is 88.4 Å². The molecule has 0 aromatic carbocycles. The lowest BCUT2D eigenvalue weighted by Crippen LogP contribution is -2.43. The van der Waals surface area contributed by atoms with E-state index in [1.165, 1.54) is 12.8 Å². The Morgan fingerprint density at radius 1 is 1.33 bits per heavy atom. The molecule has 15 heavy (non-hydrogen) atoms. The first-order chi connectivity index (χ1) is 7.28. The average molecular weight is 208 g/mol. The van der Waals surface area contributed by atoms with Crippen LogP contribution in [0.15, 0.2) is 0 Å². The van der Waals surface area contributed by atoms with Gasteiger partial charge in [0.15, 0.2) is 5.82 Å². The molecule has 5 heteroatoms. The highest BCUT2D eigenvalue weighted by molar-refractivity contribution is 5.11. The fourth-order valence-electron chi connectivity index (χ4n) is 2.00. The predicted molar refractivity (Wildman–Crippen MR) is 54.3 cm³/mol. The van der Waals surface area contributed by atoms with Gasteiger partial charge in [-0.2, -0.15) is 5.10 Å². The van der Waals surface area contributed by atoms with Gasteiger partial charge in [0.2, 0.25) is 0 Å². The van der Waals surface area contributed by atoms with Crippen molar-refractivity contribution in [2.45, 2.75) is 37.1 Å². The number of ether oxygens (including phenoxy) is 1. The van der Waals surface area contributed by atoms with E-state index in [1.807, 2.05) is 0 Å². The van der Waals surface area contributed by atoms with Crippen molar-refractivity contribution in [2.75, 3.05) is 13.2 Å². The Kier molecular flexibility index (Phi) is 2.03. The second-order valence-corrected chi connectivity index (χ2v) is 4.59. The van der Waals surface area contributed by atoms with Gasteiger partial charge in [0.25, 0.3) is 0 Å². The number of rotatable bonds is 2. The fraction of sp³-hybridized carbons (Fsp3) is 0.800. The lowest BCUT2D eigenvalue weighted by Gasteiger charge is -2.30. The first-order valence-electron chi connectivity index (χ1n) is 5.57. The van der Waals surface area contributed by atoms with E-state index in [0.717, 1.165) is 24.5 Å². The summed E-state index contributed by atoms with van der Waals surface area (Å²) in [5, 5.41) is 7.26. The minimum atomic E-state index is -0.373. The number of nitrogens with one attached hydrogen (secondary N) is 1. The van der Waals surface area contributed by atoms with Crippen LogP contribution in [0.3, 0.4) is 0 Å². The Bertz CT molecular complexity index is 352. The van der Waals surface area contributed by atoms with E-state index in [-0.39, 0.29) is 5.54 Å². The Balaban J connectivity index is 1.83. The summed E-state index contributed by atoms with van der Waals surface area (Å²) in [6.07, 6.45) is 4.09. The maximum atomic E-state index is 6.29. The molecule has 0 unspecified atom stereocenters. The molecule has 0 amide bonds. The highest BCUT2D eigenvalue weighted by atomic mass is 16.5. The highest BCUT2D eigenvalue weighted by Crippen LogP contribution is 2.38. The molecule has 2 fully saturated rings. The summed E-state index contributed by atoms with van der Waals surface area (Å²) in [6.45, 7) is 1.42. The summed E-state index contributed by atoms with van der Waals surface area (Å²) in [6, 6.07) is 0. The van der Waals surface area contributed by atoms with Crippen molar-refractivity contribution >= 4 is 0 Å². The van der Waals surface area contributed by atoms with E-state index >= 15 is 0 Å². The topological polar surface area (TPSA) is 76.8 Å². The van der Waals surface area contributed by atoms with Gasteiger partial charge in [-0.1, -0.05) is 0 Å². The summed E-state index contributed by atoms with van der Waals surface area (Å²) in [4.78, 5) is 4.52. The van der Waals surface area contributed by atoms with E-state index in [1.54, 1.807) is 0 Å². The number of H-pyrrole nitrogens is 1. The SMILES string of the molecule is NC1(c2n[nH]c(C3CC3)n2)CCOCC1. The van der Waals surface area contributed by atoms with Gasteiger partial charge in [-0.05, 0) is 25.7 Å². The highest BCUT2D eigenvalue weighted by Gasteiger charge is 2.36. The summed E-state index contributed by atoms with van der Waals surface area (Å²) in [5.74, 6) is 2.39. The fourth-order valence-corrected chi connectivity index (χ4v) is 2.00.